The van der Waals surface area contributed by atoms with Crippen LogP contribution in [0.1, 0.15) is 28.8 Å². The highest BCUT2D eigenvalue weighted by Crippen LogP contribution is 2.12. The van der Waals surface area contributed by atoms with Gasteiger partial charge in [0.1, 0.15) is 6.54 Å². The summed E-state index contributed by atoms with van der Waals surface area (Å²) in [4.78, 5) is 13.5. The van der Waals surface area contributed by atoms with Crippen LogP contribution in [0.2, 0.25) is 0 Å². The summed E-state index contributed by atoms with van der Waals surface area (Å²) in [7, 11) is 2.15. The molecule has 0 aromatic heterocycles. The zero-order valence-corrected chi connectivity index (χ0v) is 10.5. The lowest BCUT2D eigenvalue weighted by Crippen LogP contribution is -3.11. The molecule has 1 fully saturated rings. The van der Waals surface area contributed by atoms with Crippen LogP contribution in [0.3, 0.4) is 0 Å². The fraction of sp³-hybridized carbons (Fsp3) is 0.500. The molecule has 3 nitrogen and oxygen atoms in total. The summed E-state index contributed by atoms with van der Waals surface area (Å²) in [5, 5.41) is 0. The van der Waals surface area contributed by atoms with E-state index in [1.807, 2.05) is 31.2 Å². The standard InChI is InChI=1S/C14H19NO2/c1-11-6-3-4-8-13(11)14(16)17-12-7-5-9-15(2)10-12/h3-4,6,8,12H,5,7,9-10H2,1-2H3/p+1/t12-/m1/s1. The maximum atomic E-state index is 12.0. The maximum Gasteiger partial charge on any atom is 0.338 e. The number of aryl methyl sites for hydroxylation is 1. The Hall–Kier alpha value is -1.35. The van der Waals surface area contributed by atoms with Crippen LogP contribution >= 0.6 is 0 Å². The molecule has 2 atom stereocenters. The molecule has 2 rings (SSSR count). The Labute approximate surface area is 102 Å². The molecule has 1 aromatic carbocycles. The first-order valence-electron chi connectivity index (χ1n) is 6.24. The lowest BCUT2D eigenvalue weighted by Gasteiger charge is -2.26. The van der Waals surface area contributed by atoms with E-state index in [2.05, 4.69) is 7.05 Å². The van der Waals surface area contributed by atoms with Crippen LogP contribution in [0.15, 0.2) is 24.3 Å². The van der Waals surface area contributed by atoms with E-state index in [0.717, 1.165) is 24.9 Å². The van der Waals surface area contributed by atoms with Gasteiger partial charge in [0.15, 0.2) is 6.10 Å². The molecule has 1 heterocycles. The van der Waals surface area contributed by atoms with Gasteiger partial charge in [-0.25, -0.2) is 4.79 Å². The summed E-state index contributed by atoms with van der Waals surface area (Å²) >= 11 is 0. The van der Waals surface area contributed by atoms with Crippen molar-refractivity contribution >= 4 is 5.97 Å². The number of hydrogen-bond acceptors (Lipinski definition) is 2. The molecule has 1 aliphatic heterocycles. The van der Waals surface area contributed by atoms with Gasteiger partial charge in [-0.3, -0.25) is 0 Å². The summed E-state index contributed by atoms with van der Waals surface area (Å²) < 4.78 is 5.57. The lowest BCUT2D eigenvalue weighted by molar-refractivity contribution is -0.888. The highest BCUT2D eigenvalue weighted by Gasteiger charge is 2.24. The van der Waals surface area contributed by atoms with E-state index < -0.39 is 0 Å². The van der Waals surface area contributed by atoms with E-state index in [1.165, 1.54) is 11.4 Å². The van der Waals surface area contributed by atoms with Crippen molar-refractivity contribution in [2.24, 2.45) is 0 Å². The number of piperidine rings is 1. The third-order valence-corrected chi connectivity index (χ3v) is 3.34. The van der Waals surface area contributed by atoms with Crippen LogP contribution in [0.4, 0.5) is 0 Å². The van der Waals surface area contributed by atoms with Crippen LogP contribution in [0.25, 0.3) is 0 Å². The monoisotopic (exact) mass is 234 g/mol. The van der Waals surface area contributed by atoms with Gasteiger partial charge in [0.2, 0.25) is 0 Å². The van der Waals surface area contributed by atoms with E-state index in [1.54, 1.807) is 0 Å². The average molecular weight is 234 g/mol. The summed E-state index contributed by atoms with van der Waals surface area (Å²) in [6.45, 7) is 4.05. The van der Waals surface area contributed by atoms with Gasteiger partial charge in [-0.15, -0.1) is 0 Å². The first kappa shape index (κ1) is 12.1. The van der Waals surface area contributed by atoms with E-state index in [9.17, 15) is 4.79 Å². The van der Waals surface area contributed by atoms with Gasteiger partial charge >= 0.3 is 5.97 Å². The van der Waals surface area contributed by atoms with Gasteiger partial charge in [-0.05, 0) is 25.0 Å². The van der Waals surface area contributed by atoms with Crippen LogP contribution in [-0.2, 0) is 4.74 Å². The van der Waals surface area contributed by atoms with E-state index in [4.69, 9.17) is 4.74 Å². The molecule has 1 unspecified atom stereocenters. The number of rotatable bonds is 2. The van der Waals surface area contributed by atoms with Gasteiger partial charge in [0.05, 0.1) is 19.2 Å². The molecule has 17 heavy (non-hydrogen) atoms. The van der Waals surface area contributed by atoms with Crippen LogP contribution in [0, 0.1) is 6.92 Å². The van der Waals surface area contributed by atoms with Gasteiger partial charge in [-0.1, -0.05) is 18.2 Å². The number of quaternary nitrogens is 1. The zero-order chi connectivity index (χ0) is 12.3. The predicted molar refractivity (Wildman–Crippen MR) is 66.2 cm³/mol. The van der Waals surface area contributed by atoms with Crippen LogP contribution < -0.4 is 4.90 Å². The molecule has 0 saturated carbocycles. The topological polar surface area (TPSA) is 30.7 Å². The first-order valence-corrected chi connectivity index (χ1v) is 6.24. The van der Waals surface area contributed by atoms with Crippen molar-refractivity contribution < 1.29 is 14.4 Å². The number of nitrogens with one attached hydrogen (secondary N) is 1. The zero-order valence-electron chi connectivity index (χ0n) is 10.5. The number of esters is 1. The number of likely N-dealkylation sites (tertiary alicyclic amines) is 1. The highest BCUT2D eigenvalue weighted by molar-refractivity contribution is 5.91. The first-order chi connectivity index (χ1) is 8.16. The number of carbonyl (C=O) groups excluding carboxylic acids is 1. The Morgan fingerprint density at radius 2 is 2.18 bits per heavy atom. The smallest absolute Gasteiger partial charge is 0.338 e. The Morgan fingerprint density at radius 3 is 2.88 bits per heavy atom. The minimum Gasteiger partial charge on any atom is -0.453 e. The summed E-state index contributed by atoms with van der Waals surface area (Å²) in [5.74, 6) is -0.178. The van der Waals surface area contributed by atoms with Crippen molar-refractivity contribution in [3.63, 3.8) is 0 Å². The Bertz CT molecular complexity index is 403. The van der Waals surface area contributed by atoms with Crippen LogP contribution in [0.5, 0.6) is 0 Å². The molecule has 3 heteroatoms. The molecular weight excluding hydrogens is 214 g/mol. The second-order valence-electron chi connectivity index (χ2n) is 4.90. The van der Waals surface area contributed by atoms with Crippen molar-refractivity contribution in [2.75, 3.05) is 20.1 Å². The SMILES string of the molecule is Cc1ccccc1C(=O)O[C@@H]1CCC[NH+](C)C1. The third kappa shape index (κ3) is 3.07. The van der Waals surface area contributed by atoms with Crippen molar-refractivity contribution in [1.82, 2.24) is 0 Å². The number of hydrogen-bond donors (Lipinski definition) is 1. The molecule has 0 spiro atoms. The maximum absolute atomic E-state index is 12.0. The van der Waals surface area contributed by atoms with Crippen molar-refractivity contribution in [3.8, 4) is 0 Å². The fourth-order valence-electron chi connectivity index (χ4n) is 2.34. The summed E-state index contributed by atoms with van der Waals surface area (Å²) in [5.41, 5.74) is 1.67. The second-order valence-corrected chi connectivity index (χ2v) is 4.90. The largest absolute Gasteiger partial charge is 0.453 e. The molecule has 1 aromatic rings. The number of carbonyl (C=O) groups is 1. The number of benzene rings is 1. The quantitative estimate of drug-likeness (QED) is 0.768. The minimum absolute atomic E-state index is 0.0795. The van der Waals surface area contributed by atoms with Gasteiger partial charge in [0, 0.05) is 6.42 Å². The minimum atomic E-state index is -0.178. The predicted octanol–water partition coefficient (Wildman–Crippen LogP) is 0.829. The van der Waals surface area contributed by atoms with Crippen molar-refractivity contribution in [2.45, 2.75) is 25.9 Å². The Kier molecular flexibility index (Phi) is 3.79. The third-order valence-electron chi connectivity index (χ3n) is 3.34. The molecule has 92 valence electrons. The summed E-state index contributed by atoms with van der Waals surface area (Å²) in [6, 6.07) is 7.58. The second kappa shape index (κ2) is 5.32. The number of ether oxygens (including phenoxy) is 1. The molecular formula is C14H20NO2+. The van der Waals surface area contributed by atoms with Crippen LogP contribution in [-0.4, -0.2) is 32.2 Å². The van der Waals surface area contributed by atoms with Crippen molar-refractivity contribution in [1.29, 1.82) is 0 Å². The van der Waals surface area contributed by atoms with Gasteiger partial charge in [0.25, 0.3) is 0 Å². The normalized spacial score (nSPS) is 24.4. The van der Waals surface area contributed by atoms with E-state index >= 15 is 0 Å². The van der Waals surface area contributed by atoms with Crippen molar-refractivity contribution in [3.05, 3.63) is 35.4 Å². The number of likely N-dealkylation sites (N-methyl/N-ethyl adjacent to an activating group) is 1. The van der Waals surface area contributed by atoms with E-state index in [-0.39, 0.29) is 12.1 Å². The van der Waals surface area contributed by atoms with E-state index in [0.29, 0.717) is 5.56 Å². The summed E-state index contributed by atoms with van der Waals surface area (Å²) in [6.07, 6.45) is 2.21. The molecule has 0 aliphatic carbocycles. The average Bonchev–Trinajstić information content (AvgIpc) is 2.29. The molecule has 1 saturated heterocycles. The lowest BCUT2D eigenvalue weighted by atomic mass is 10.1. The highest BCUT2D eigenvalue weighted by atomic mass is 16.5. The molecule has 0 radical (unpaired) electrons. The van der Waals surface area contributed by atoms with Gasteiger partial charge < -0.3 is 9.64 Å². The fourth-order valence-corrected chi connectivity index (χ4v) is 2.34. The van der Waals surface area contributed by atoms with Gasteiger partial charge in [-0.2, -0.15) is 0 Å². The Morgan fingerprint density at radius 1 is 1.41 bits per heavy atom. The molecule has 1 aliphatic rings. The molecule has 0 bridgehead atoms. The Balaban J connectivity index is 1.99. The molecule has 1 N–H and O–H groups in total. The molecule has 0 amide bonds.